The molecule has 2 aromatic rings. The lowest BCUT2D eigenvalue weighted by molar-refractivity contribution is -0.138. The van der Waals surface area contributed by atoms with Crippen molar-refractivity contribution in [3.05, 3.63) is 85.7 Å². The summed E-state index contributed by atoms with van der Waals surface area (Å²) in [7, 11) is 0. The van der Waals surface area contributed by atoms with Gasteiger partial charge in [-0.05, 0) is 86.1 Å². The molecule has 190 valence electrons. The third-order valence-electron chi connectivity index (χ3n) is 6.98. The van der Waals surface area contributed by atoms with Crippen molar-refractivity contribution in [1.82, 2.24) is 5.32 Å². The fourth-order valence-corrected chi connectivity index (χ4v) is 5.57. The number of hydrogen-bond acceptors (Lipinski definition) is 5. The Morgan fingerprint density at radius 3 is 2.44 bits per heavy atom. The highest BCUT2D eigenvalue weighted by Crippen LogP contribution is 2.47. The first-order chi connectivity index (χ1) is 17.0. The van der Waals surface area contributed by atoms with Gasteiger partial charge in [0.25, 0.3) is 0 Å². The maximum absolute atomic E-state index is 13.6. The van der Waals surface area contributed by atoms with E-state index in [0.29, 0.717) is 24.2 Å². The van der Waals surface area contributed by atoms with Gasteiger partial charge in [-0.25, -0.2) is 4.79 Å². The van der Waals surface area contributed by atoms with Crippen molar-refractivity contribution in [3.63, 3.8) is 0 Å². The minimum atomic E-state index is -0.476. The fourth-order valence-electron chi connectivity index (χ4n) is 5.30. The van der Waals surface area contributed by atoms with Gasteiger partial charge in [0.2, 0.25) is 0 Å². The van der Waals surface area contributed by atoms with E-state index in [2.05, 4.69) is 54.2 Å². The van der Waals surface area contributed by atoms with Crippen LogP contribution in [0.25, 0.3) is 0 Å². The van der Waals surface area contributed by atoms with Crippen LogP contribution in [-0.2, 0) is 20.9 Å². The Kier molecular flexibility index (Phi) is 7.46. The summed E-state index contributed by atoms with van der Waals surface area (Å²) in [5.41, 5.74) is 6.82. The van der Waals surface area contributed by atoms with Crippen LogP contribution < -0.4 is 10.1 Å². The normalized spacial score (nSPS) is 19.1. The van der Waals surface area contributed by atoms with Gasteiger partial charge >= 0.3 is 5.97 Å². The Bertz CT molecular complexity index is 1270. The zero-order valence-electron chi connectivity index (χ0n) is 21.9. The molecule has 2 aliphatic rings. The summed E-state index contributed by atoms with van der Waals surface area (Å²) in [5, 5.41) is 3.40. The largest absolute Gasteiger partial charge is 0.489 e. The van der Waals surface area contributed by atoms with Crippen LogP contribution in [0, 0.1) is 19.3 Å². The van der Waals surface area contributed by atoms with E-state index in [1.807, 2.05) is 38.1 Å². The lowest BCUT2D eigenvalue weighted by atomic mass is 9.68. The molecule has 1 N–H and O–H groups in total. The van der Waals surface area contributed by atoms with E-state index in [1.165, 1.54) is 0 Å². The average molecular weight is 553 g/mol. The maximum Gasteiger partial charge on any atom is 0.336 e. The molecule has 0 unspecified atom stereocenters. The maximum atomic E-state index is 13.6. The second-order valence-corrected chi connectivity index (χ2v) is 11.4. The average Bonchev–Trinajstić information content (AvgIpc) is 2.78. The molecule has 4 rings (SSSR count). The van der Waals surface area contributed by atoms with Crippen LogP contribution >= 0.6 is 15.9 Å². The molecular formula is C30H34BrNO4. The van der Waals surface area contributed by atoms with E-state index >= 15 is 0 Å². The number of nitrogens with one attached hydrogen (secondary N) is 1. The number of Topliss-reactive ketones (excluding diaryl/α,β-unsaturated/α-hetero) is 1. The molecule has 0 radical (unpaired) electrons. The van der Waals surface area contributed by atoms with Crippen molar-refractivity contribution in [2.45, 2.75) is 66.9 Å². The molecule has 0 saturated heterocycles. The van der Waals surface area contributed by atoms with Crippen LogP contribution in [0.1, 0.15) is 68.7 Å². The quantitative estimate of drug-likeness (QED) is 0.399. The highest BCUT2D eigenvalue weighted by Gasteiger charge is 2.43. The van der Waals surface area contributed by atoms with Gasteiger partial charge in [-0.15, -0.1) is 0 Å². The van der Waals surface area contributed by atoms with E-state index < -0.39 is 5.92 Å². The Morgan fingerprint density at radius 1 is 1.08 bits per heavy atom. The number of carbonyl (C=O) groups excluding carboxylic acids is 2. The van der Waals surface area contributed by atoms with Crippen LogP contribution in [0.15, 0.2) is 63.4 Å². The van der Waals surface area contributed by atoms with Gasteiger partial charge in [0.1, 0.15) is 12.4 Å². The number of carbonyl (C=O) groups is 2. The van der Waals surface area contributed by atoms with Crippen molar-refractivity contribution >= 4 is 27.7 Å². The number of allylic oxidation sites excluding steroid dienone is 3. The summed E-state index contributed by atoms with van der Waals surface area (Å²) in [4.78, 5) is 26.8. The summed E-state index contributed by atoms with van der Waals surface area (Å²) < 4.78 is 12.5. The standard InChI is InChI=1S/C30H34BrNO4/c1-7-35-29(34)26-19(4)32-24-14-30(5,6)15-25(33)28(24)27(26)23-13-20(17(2)12-18(23)3)16-36-22-10-8-21(31)9-11-22/h8-13,27,32H,7,14-16H2,1-6H3/t27-/m1/s1. The smallest absolute Gasteiger partial charge is 0.336 e. The number of hydrogen-bond donors (Lipinski definition) is 1. The Labute approximate surface area is 222 Å². The van der Waals surface area contributed by atoms with Crippen LogP contribution in [0.5, 0.6) is 5.75 Å². The number of aryl methyl sites for hydroxylation is 2. The van der Waals surface area contributed by atoms with E-state index in [4.69, 9.17) is 9.47 Å². The van der Waals surface area contributed by atoms with Crippen LogP contribution in [0.4, 0.5) is 0 Å². The van der Waals surface area contributed by atoms with Gasteiger partial charge < -0.3 is 14.8 Å². The molecule has 0 aromatic heterocycles. The lowest BCUT2D eigenvalue weighted by Crippen LogP contribution is -2.39. The van der Waals surface area contributed by atoms with Gasteiger partial charge in [0, 0.05) is 33.8 Å². The first kappa shape index (κ1) is 26.2. The number of halogens is 1. The van der Waals surface area contributed by atoms with Gasteiger partial charge in [0.15, 0.2) is 5.78 Å². The molecule has 1 atom stereocenters. The van der Waals surface area contributed by atoms with Crippen LogP contribution in [0.2, 0.25) is 0 Å². The number of dihydropyridines is 1. The topological polar surface area (TPSA) is 64.6 Å². The van der Waals surface area contributed by atoms with Gasteiger partial charge in [-0.2, -0.15) is 0 Å². The zero-order valence-corrected chi connectivity index (χ0v) is 23.5. The van der Waals surface area contributed by atoms with Crippen molar-refractivity contribution in [2.24, 2.45) is 5.41 Å². The first-order valence-electron chi connectivity index (χ1n) is 12.4. The summed E-state index contributed by atoms with van der Waals surface area (Å²) in [6.07, 6.45) is 1.20. The van der Waals surface area contributed by atoms with Crippen LogP contribution in [-0.4, -0.2) is 18.4 Å². The summed E-state index contributed by atoms with van der Waals surface area (Å²) in [6, 6.07) is 12.0. The molecule has 36 heavy (non-hydrogen) atoms. The lowest BCUT2D eigenvalue weighted by Gasteiger charge is -2.40. The third kappa shape index (κ3) is 5.29. The van der Waals surface area contributed by atoms with E-state index in [-0.39, 0.29) is 23.8 Å². The number of rotatable bonds is 6. The minimum Gasteiger partial charge on any atom is -0.489 e. The zero-order chi connectivity index (χ0) is 26.2. The van der Waals surface area contributed by atoms with Crippen LogP contribution in [0.3, 0.4) is 0 Å². The summed E-state index contributed by atoms with van der Waals surface area (Å²) in [6.45, 7) is 12.7. The molecule has 5 nitrogen and oxygen atoms in total. The van der Waals surface area contributed by atoms with E-state index in [9.17, 15) is 9.59 Å². The molecule has 2 aromatic carbocycles. The first-order valence-corrected chi connectivity index (χ1v) is 13.2. The number of benzene rings is 2. The number of ether oxygens (including phenoxy) is 2. The van der Waals surface area contributed by atoms with E-state index in [1.54, 1.807) is 6.92 Å². The molecular weight excluding hydrogens is 518 g/mol. The molecule has 0 spiro atoms. The summed E-state index contributed by atoms with van der Waals surface area (Å²) >= 11 is 3.45. The second kappa shape index (κ2) is 10.3. The number of esters is 1. The molecule has 0 saturated carbocycles. The molecule has 1 aliphatic carbocycles. The van der Waals surface area contributed by atoms with Gasteiger partial charge in [0.05, 0.1) is 12.2 Å². The van der Waals surface area contributed by atoms with Gasteiger partial charge in [-0.1, -0.05) is 41.9 Å². The fraction of sp³-hybridized carbons (Fsp3) is 0.400. The predicted molar refractivity (Wildman–Crippen MR) is 145 cm³/mol. The highest BCUT2D eigenvalue weighted by atomic mass is 79.9. The molecule has 1 heterocycles. The number of ketones is 1. The molecule has 0 fully saturated rings. The molecule has 1 aliphatic heterocycles. The minimum absolute atomic E-state index is 0.0840. The molecule has 6 heteroatoms. The van der Waals surface area contributed by atoms with Gasteiger partial charge in [-0.3, -0.25) is 4.79 Å². The Morgan fingerprint density at radius 2 is 1.78 bits per heavy atom. The highest BCUT2D eigenvalue weighted by molar-refractivity contribution is 9.10. The summed E-state index contributed by atoms with van der Waals surface area (Å²) in [5.74, 6) is 0.000154. The predicted octanol–water partition coefficient (Wildman–Crippen LogP) is 6.81. The van der Waals surface area contributed by atoms with Crippen molar-refractivity contribution in [1.29, 1.82) is 0 Å². The Hall–Kier alpha value is -2.86. The second-order valence-electron chi connectivity index (χ2n) is 10.5. The van der Waals surface area contributed by atoms with Crippen molar-refractivity contribution in [3.8, 4) is 5.75 Å². The monoisotopic (exact) mass is 551 g/mol. The van der Waals surface area contributed by atoms with Crippen molar-refractivity contribution in [2.75, 3.05) is 6.61 Å². The molecule has 0 bridgehead atoms. The molecule has 0 amide bonds. The SMILES string of the molecule is CCOC(=O)C1=C(C)NC2=C(C(=O)CC(C)(C)C2)[C@@H]1c1cc(COc2ccc(Br)cc2)c(C)cc1C. The third-order valence-corrected chi connectivity index (χ3v) is 7.51. The van der Waals surface area contributed by atoms with E-state index in [0.717, 1.165) is 50.3 Å². The van der Waals surface area contributed by atoms with Crippen molar-refractivity contribution < 1.29 is 19.1 Å². The Balaban J connectivity index is 1.81.